The lowest BCUT2D eigenvalue weighted by molar-refractivity contribution is 0.0931. The van der Waals surface area contributed by atoms with E-state index in [1.165, 1.54) is 0 Å². The third-order valence-electron chi connectivity index (χ3n) is 2.82. The number of hydrogen-bond acceptors (Lipinski definition) is 1. The number of fused-ring (bicyclic) bond motifs is 1. The van der Waals surface area contributed by atoms with Crippen molar-refractivity contribution in [3.8, 4) is 12.3 Å². The molecule has 0 aromatic heterocycles. The molecule has 0 unspecified atom stereocenters. The maximum atomic E-state index is 12.2. The molecule has 0 aliphatic heterocycles. The Morgan fingerprint density at radius 3 is 2.56 bits per heavy atom. The molecule has 0 aliphatic rings. The molecule has 0 radical (unpaired) electrons. The average Bonchev–Trinajstić information content (AvgIpc) is 2.37. The molecule has 2 aromatic rings. The van der Waals surface area contributed by atoms with Crippen molar-refractivity contribution in [3.63, 3.8) is 0 Å². The minimum Gasteiger partial charge on any atom is -0.336 e. The van der Waals surface area contributed by atoms with Gasteiger partial charge in [0, 0.05) is 5.56 Å². The van der Waals surface area contributed by atoms with Crippen LogP contribution >= 0.6 is 0 Å². The number of nitrogens with one attached hydrogen (secondary N) is 1. The van der Waals surface area contributed by atoms with E-state index < -0.39 is 5.54 Å². The van der Waals surface area contributed by atoms with Gasteiger partial charge in [0.2, 0.25) is 0 Å². The van der Waals surface area contributed by atoms with Crippen LogP contribution in [0.3, 0.4) is 0 Å². The van der Waals surface area contributed by atoms with Crippen molar-refractivity contribution < 1.29 is 4.79 Å². The second-order valence-corrected chi connectivity index (χ2v) is 4.75. The third-order valence-corrected chi connectivity index (χ3v) is 2.82. The van der Waals surface area contributed by atoms with E-state index in [-0.39, 0.29) is 5.91 Å². The first-order valence-electron chi connectivity index (χ1n) is 5.81. The zero-order valence-corrected chi connectivity index (χ0v) is 10.5. The molecule has 2 nitrogen and oxygen atoms in total. The number of amides is 1. The van der Waals surface area contributed by atoms with Crippen molar-refractivity contribution >= 4 is 16.7 Å². The fraction of sp³-hybridized carbons (Fsp3) is 0.188. The highest BCUT2D eigenvalue weighted by atomic mass is 16.1. The van der Waals surface area contributed by atoms with Gasteiger partial charge >= 0.3 is 0 Å². The minimum atomic E-state index is -0.645. The topological polar surface area (TPSA) is 29.1 Å². The van der Waals surface area contributed by atoms with Crippen molar-refractivity contribution in [1.29, 1.82) is 0 Å². The Morgan fingerprint density at radius 1 is 1.17 bits per heavy atom. The van der Waals surface area contributed by atoms with Crippen LogP contribution in [0.4, 0.5) is 0 Å². The summed E-state index contributed by atoms with van der Waals surface area (Å²) in [6.45, 7) is 3.60. The average molecular weight is 237 g/mol. The summed E-state index contributed by atoms with van der Waals surface area (Å²) in [4.78, 5) is 12.2. The molecule has 0 heterocycles. The summed E-state index contributed by atoms with van der Waals surface area (Å²) < 4.78 is 0. The van der Waals surface area contributed by atoms with Gasteiger partial charge in [-0.2, -0.15) is 0 Å². The number of hydrogen-bond donors (Lipinski definition) is 1. The van der Waals surface area contributed by atoms with Crippen LogP contribution in [0.2, 0.25) is 0 Å². The fourth-order valence-electron chi connectivity index (χ4n) is 1.81. The van der Waals surface area contributed by atoms with Gasteiger partial charge in [0.25, 0.3) is 5.91 Å². The van der Waals surface area contributed by atoms with E-state index >= 15 is 0 Å². The van der Waals surface area contributed by atoms with Crippen LogP contribution in [0.25, 0.3) is 10.8 Å². The van der Waals surface area contributed by atoms with E-state index in [9.17, 15) is 4.79 Å². The van der Waals surface area contributed by atoms with Crippen molar-refractivity contribution in [2.24, 2.45) is 0 Å². The maximum Gasteiger partial charge on any atom is 0.253 e. The first kappa shape index (κ1) is 12.2. The lowest BCUT2D eigenvalue weighted by Gasteiger charge is -2.20. The number of terminal acetylenes is 1. The lowest BCUT2D eigenvalue weighted by Crippen LogP contribution is -2.42. The first-order chi connectivity index (χ1) is 8.53. The first-order valence-corrected chi connectivity index (χ1v) is 5.81. The third kappa shape index (κ3) is 2.36. The predicted octanol–water partition coefficient (Wildman–Crippen LogP) is 2.98. The molecule has 18 heavy (non-hydrogen) atoms. The highest BCUT2D eigenvalue weighted by molar-refractivity contribution is 6.07. The molecule has 0 bridgehead atoms. The summed E-state index contributed by atoms with van der Waals surface area (Å²) in [6.07, 6.45) is 5.38. The molecule has 2 heteroatoms. The van der Waals surface area contributed by atoms with Gasteiger partial charge < -0.3 is 5.32 Å². The Kier molecular flexibility index (Phi) is 3.08. The van der Waals surface area contributed by atoms with Crippen LogP contribution in [-0.2, 0) is 0 Å². The highest BCUT2D eigenvalue weighted by Crippen LogP contribution is 2.19. The molecule has 1 N–H and O–H groups in total. The molecule has 0 saturated heterocycles. The van der Waals surface area contributed by atoms with E-state index in [0.29, 0.717) is 5.56 Å². The van der Waals surface area contributed by atoms with Gasteiger partial charge in [-0.25, -0.2) is 0 Å². The summed E-state index contributed by atoms with van der Waals surface area (Å²) >= 11 is 0. The summed E-state index contributed by atoms with van der Waals surface area (Å²) in [5.74, 6) is 2.41. The van der Waals surface area contributed by atoms with Crippen molar-refractivity contribution in [2.75, 3.05) is 0 Å². The van der Waals surface area contributed by atoms with Crippen LogP contribution in [0.1, 0.15) is 24.2 Å². The predicted molar refractivity (Wildman–Crippen MR) is 74.3 cm³/mol. The molecule has 0 fully saturated rings. The molecule has 0 aliphatic carbocycles. The summed E-state index contributed by atoms with van der Waals surface area (Å²) in [5.41, 5.74) is 0.00465. The summed E-state index contributed by atoms with van der Waals surface area (Å²) in [7, 11) is 0. The molecule has 2 rings (SSSR count). The van der Waals surface area contributed by atoms with Gasteiger partial charge in [0.15, 0.2) is 0 Å². The van der Waals surface area contributed by atoms with Crippen LogP contribution < -0.4 is 5.32 Å². The van der Waals surface area contributed by atoms with Crippen LogP contribution in [0.5, 0.6) is 0 Å². The highest BCUT2D eigenvalue weighted by Gasteiger charge is 2.19. The SMILES string of the molecule is C#CC(C)(C)NC(=O)c1cccc2ccccc12. The van der Waals surface area contributed by atoms with Crippen LogP contribution in [0, 0.1) is 12.3 Å². The van der Waals surface area contributed by atoms with E-state index in [4.69, 9.17) is 6.42 Å². The molecule has 1 amide bonds. The van der Waals surface area contributed by atoms with E-state index in [0.717, 1.165) is 10.8 Å². The van der Waals surface area contributed by atoms with Crippen LogP contribution in [-0.4, -0.2) is 11.4 Å². The lowest BCUT2D eigenvalue weighted by atomic mass is 10.0. The maximum absolute atomic E-state index is 12.2. The number of rotatable bonds is 2. The van der Waals surface area contributed by atoms with Gasteiger partial charge in [-0.05, 0) is 30.7 Å². The van der Waals surface area contributed by atoms with Crippen LogP contribution in [0.15, 0.2) is 42.5 Å². The second-order valence-electron chi connectivity index (χ2n) is 4.75. The zero-order valence-electron chi connectivity index (χ0n) is 10.5. The van der Waals surface area contributed by atoms with Crippen molar-refractivity contribution in [1.82, 2.24) is 5.32 Å². The number of carbonyl (C=O) groups excluding carboxylic acids is 1. The normalized spacial score (nSPS) is 10.9. The van der Waals surface area contributed by atoms with E-state index in [1.807, 2.05) is 42.5 Å². The standard InChI is InChI=1S/C16H15NO/c1-4-16(2,3)17-15(18)14-11-7-9-12-8-5-6-10-13(12)14/h1,5-11H,2-3H3,(H,17,18). The Bertz CT molecular complexity index is 630. The fourth-order valence-corrected chi connectivity index (χ4v) is 1.81. The van der Waals surface area contributed by atoms with Gasteiger partial charge in [-0.3, -0.25) is 4.79 Å². The van der Waals surface area contributed by atoms with Gasteiger partial charge in [-0.1, -0.05) is 42.3 Å². The Labute approximate surface area is 107 Å². The van der Waals surface area contributed by atoms with Crippen molar-refractivity contribution in [3.05, 3.63) is 48.0 Å². The second kappa shape index (κ2) is 4.54. The Balaban J connectivity index is 2.43. The quantitative estimate of drug-likeness (QED) is 0.799. The largest absolute Gasteiger partial charge is 0.336 e. The van der Waals surface area contributed by atoms with Gasteiger partial charge in [-0.15, -0.1) is 6.42 Å². The number of carbonyl (C=O) groups is 1. The summed E-state index contributed by atoms with van der Waals surface area (Å²) in [5, 5.41) is 4.82. The van der Waals surface area contributed by atoms with Gasteiger partial charge in [0.1, 0.15) is 0 Å². The molecule has 90 valence electrons. The summed E-state index contributed by atoms with van der Waals surface area (Å²) in [6, 6.07) is 13.5. The molecular weight excluding hydrogens is 222 g/mol. The molecular formula is C16H15NO. The smallest absolute Gasteiger partial charge is 0.253 e. The molecule has 0 spiro atoms. The Hall–Kier alpha value is -2.27. The van der Waals surface area contributed by atoms with E-state index in [2.05, 4.69) is 11.2 Å². The molecule has 0 saturated carbocycles. The monoisotopic (exact) mass is 237 g/mol. The minimum absolute atomic E-state index is 0.144. The molecule has 0 atom stereocenters. The van der Waals surface area contributed by atoms with Crippen molar-refractivity contribution in [2.45, 2.75) is 19.4 Å². The molecule has 2 aromatic carbocycles. The Morgan fingerprint density at radius 2 is 1.83 bits per heavy atom. The van der Waals surface area contributed by atoms with E-state index in [1.54, 1.807) is 13.8 Å². The van der Waals surface area contributed by atoms with Gasteiger partial charge in [0.05, 0.1) is 5.54 Å². The zero-order chi connectivity index (χ0) is 13.2. The number of benzene rings is 2.